The molecule has 0 radical (unpaired) electrons. The summed E-state index contributed by atoms with van der Waals surface area (Å²) in [6, 6.07) is 7.25. The van der Waals surface area contributed by atoms with Crippen LogP contribution in [0.2, 0.25) is 0 Å². The van der Waals surface area contributed by atoms with Gasteiger partial charge < -0.3 is 0 Å². The Kier molecular flexibility index (Phi) is 2.08. The lowest BCUT2D eigenvalue weighted by atomic mass is 10.2. The highest BCUT2D eigenvalue weighted by Crippen LogP contribution is 2.13. The van der Waals surface area contributed by atoms with Crippen molar-refractivity contribution < 1.29 is 4.79 Å². The molecule has 3 N–H and O–H groups in total. The quantitative estimate of drug-likeness (QED) is 0.381. The lowest BCUT2D eigenvalue weighted by Crippen LogP contribution is -2.30. The lowest BCUT2D eigenvalue weighted by molar-refractivity contribution is 0.0950. The predicted molar refractivity (Wildman–Crippen MR) is 51.2 cm³/mol. The molecule has 5 nitrogen and oxygen atoms in total. The Hall–Kier alpha value is -2.01. The predicted octanol–water partition coefficient (Wildman–Crippen LogP) is 0.233. The summed E-state index contributed by atoms with van der Waals surface area (Å²) in [5.74, 6) is 4.62. The van der Waals surface area contributed by atoms with Crippen LogP contribution in [0.1, 0.15) is 10.5 Å². The monoisotopic (exact) mass is 188 g/mol. The van der Waals surface area contributed by atoms with E-state index < -0.39 is 5.91 Å². The highest BCUT2D eigenvalue weighted by atomic mass is 16.2. The van der Waals surface area contributed by atoms with E-state index in [1.54, 1.807) is 6.07 Å². The van der Waals surface area contributed by atoms with Gasteiger partial charge in [-0.2, -0.15) is 0 Å². The van der Waals surface area contributed by atoms with Crippen LogP contribution in [0.3, 0.4) is 0 Å². The number of amides is 1. The van der Waals surface area contributed by atoms with Crippen molar-refractivity contribution in [2.24, 2.45) is 5.84 Å². The average molecular weight is 188 g/mol. The summed E-state index contributed by atoms with van der Waals surface area (Å²) in [6.07, 6.45) is 1.34. The van der Waals surface area contributed by atoms with Crippen LogP contribution in [0.25, 0.3) is 10.9 Å². The maximum Gasteiger partial charge on any atom is 0.284 e. The number of nitrogens with two attached hydrogens (primary N) is 1. The molecule has 2 rings (SSSR count). The van der Waals surface area contributed by atoms with Crippen molar-refractivity contribution in [1.29, 1.82) is 0 Å². The van der Waals surface area contributed by atoms with Gasteiger partial charge in [0.2, 0.25) is 0 Å². The molecule has 0 aliphatic heterocycles. The number of rotatable bonds is 1. The van der Waals surface area contributed by atoms with Crippen molar-refractivity contribution in [2.75, 3.05) is 0 Å². The molecule has 14 heavy (non-hydrogen) atoms. The molecule has 0 saturated heterocycles. The molecule has 0 unspecified atom stereocenters. The van der Waals surface area contributed by atoms with E-state index in [-0.39, 0.29) is 5.69 Å². The minimum Gasteiger partial charge on any atom is -0.289 e. The summed E-state index contributed by atoms with van der Waals surface area (Å²) in [6.45, 7) is 0. The SMILES string of the molecule is NNC(=O)c1ncnc2ccccc12. The van der Waals surface area contributed by atoms with E-state index in [2.05, 4.69) is 9.97 Å². The molecule has 0 bridgehead atoms. The fraction of sp³-hybridized carbons (Fsp3) is 0. The van der Waals surface area contributed by atoms with Gasteiger partial charge in [0.25, 0.3) is 5.91 Å². The van der Waals surface area contributed by atoms with Crippen LogP contribution < -0.4 is 11.3 Å². The fourth-order valence-electron chi connectivity index (χ4n) is 1.25. The zero-order valence-electron chi connectivity index (χ0n) is 7.27. The molecule has 1 aromatic carbocycles. The third-order valence-electron chi connectivity index (χ3n) is 1.89. The minimum atomic E-state index is -0.413. The van der Waals surface area contributed by atoms with E-state index in [1.807, 2.05) is 23.6 Å². The van der Waals surface area contributed by atoms with E-state index in [1.165, 1.54) is 6.33 Å². The van der Waals surface area contributed by atoms with Gasteiger partial charge in [-0.05, 0) is 6.07 Å². The van der Waals surface area contributed by atoms with Crippen LogP contribution in [0.4, 0.5) is 0 Å². The number of hydrogen-bond acceptors (Lipinski definition) is 4. The second kappa shape index (κ2) is 3.39. The van der Waals surface area contributed by atoms with Gasteiger partial charge in [0.1, 0.15) is 12.0 Å². The topological polar surface area (TPSA) is 80.9 Å². The van der Waals surface area contributed by atoms with Gasteiger partial charge in [0, 0.05) is 5.39 Å². The molecule has 0 atom stereocenters. The molecule has 0 fully saturated rings. The Balaban J connectivity index is 2.71. The highest BCUT2D eigenvalue weighted by Gasteiger charge is 2.09. The van der Waals surface area contributed by atoms with Crippen molar-refractivity contribution in [3.8, 4) is 0 Å². The Morgan fingerprint density at radius 1 is 1.29 bits per heavy atom. The average Bonchev–Trinajstić information content (AvgIpc) is 2.27. The summed E-state index contributed by atoms with van der Waals surface area (Å²) >= 11 is 0. The van der Waals surface area contributed by atoms with E-state index in [4.69, 9.17) is 5.84 Å². The van der Waals surface area contributed by atoms with Gasteiger partial charge in [0.15, 0.2) is 0 Å². The van der Waals surface area contributed by atoms with Gasteiger partial charge in [-0.1, -0.05) is 18.2 Å². The van der Waals surface area contributed by atoms with Crippen molar-refractivity contribution >= 4 is 16.8 Å². The van der Waals surface area contributed by atoms with E-state index in [0.717, 1.165) is 5.52 Å². The lowest BCUT2D eigenvalue weighted by Gasteiger charge is -2.01. The first-order valence-corrected chi connectivity index (χ1v) is 4.03. The first kappa shape index (κ1) is 8.58. The van der Waals surface area contributed by atoms with Gasteiger partial charge in [-0.15, -0.1) is 0 Å². The van der Waals surface area contributed by atoms with Gasteiger partial charge in [-0.3, -0.25) is 10.2 Å². The normalized spacial score (nSPS) is 10.1. The van der Waals surface area contributed by atoms with Crippen molar-refractivity contribution in [3.63, 3.8) is 0 Å². The third-order valence-corrected chi connectivity index (χ3v) is 1.89. The van der Waals surface area contributed by atoms with E-state index in [0.29, 0.717) is 5.39 Å². The maximum absolute atomic E-state index is 11.3. The van der Waals surface area contributed by atoms with Crippen LogP contribution in [-0.4, -0.2) is 15.9 Å². The standard InChI is InChI=1S/C9H8N4O/c10-13-9(14)8-6-3-1-2-4-7(6)11-5-12-8/h1-5H,10H2,(H,13,14). The Labute approximate surface area is 79.9 Å². The molecule has 0 spiro atoms. The van der Waals surface area contributed by atoms with Crippen LogP contribution in [0.15, 0.2) is 30.6 Å². The van der Waals surface area contributed by atoms with Crippen LogP contribution >= 0.6 is 0 Å². The molecule has 0 aliphatic rings. The second-order valence-corrected chi connectivity index (χ2v) is 2.71. The largest absolute Gasteiger partial charge is 0.289 e. The van der Waals surface area contributed by atoms with E-state index >= 15 is 0 Å². The molecule has 5 heteroatoms. The molecular weight excluding hydrogens is 180 g/mol. The number of hydrazine groups is 1. The Morgan fingerprint density at radius 3 is 2.86 bits per heavy atom. The smallest absolute Gasteiger partial charge is 0.284 e. The number of aromatic nitrogens is 2. The van der Waals surface area contributed by atoms with Crippen molar-refractivity contribution in [3.05, 3.63) is 36.3 Å². The molecule has 0 aliphatic carbocycles. The zero-order chi connectivity index (χ0) is 9.97. The first-order chi connectivity index (χ1) is 6.83. The summed E-state index contributed by atoms with van der Waals surface area (Å²) in [4.78, 5) is 19.2. The van der Waals surface area contributed by atoms with E-state index in [9.17, 15) is 4.79 Å². The number of hydrogen-bond donors (Lipinski definition) is 2. The number of carbonyl (C=O) groups excluding carboxylic acids is 1. The van der Waals surface area contributed by atoms with Crippen LogP contribution in [0, 0.1) is 0 Å². The third kappa shape index (κ3) is 1.29. The van der Waals surface area contributed by atoms with Crippen molar-refractivity contribution in [1.82, 2.24) is 15.4 Å². The molecule has 1 aromatic heterocycles. The summed E-state index contributed by atoms with van der Waals surface area (Å²) < 4.78 is 0. The number of carbonyl (C=O) groups is 1. The molecular formula is C9H8N4O. The molecule has 70 valence electrons. The highest BCUT2D eigenvalue weighted by molar-refractivity contribution is 6.03. The minimum absolute atomic E-state index is 0.290. The number of para-hydroxylation sites is 1. The van der Waals surface area contributed by atoms with Gasteiger partial charge >= 0.3 is 0 Å². The van der Waals surface area contributed by atoms with Crippen LogP contribution in [0.5, 0.6) is 0 Å². The van der Waals surface area contributed by atoms with Crippen LogP contribution in [-0.2, 0) is 0 Å². The van der Waals surface area contributed by atoms with Gasteiger partial charge in [-0.25, -0.2) is 15.8 Å². The first-order valence-electron chi connectivity index (χ1n) is 4.03. The molecule has 2 aromatic rings. The Morgan fingerprint density at radius 2 is 2.07 bits per heavy atom. The molecule has 1 amide bonds. The summed E-state index contributed by atoms with van der Waals surface area (Å²) in [7, 11) is 0. The second-order valence-electron chi connectivity index (χ2n) is 2.71. The number of nitrogens with one attached hydrogen (secondary N) is 1. The maximum atomic E-state index is 11.3. The number of fused-ring (bicyclic) bond motifs is 1. The summed E-state index contributed by atoms with van der Waals surface area (Å²) in [5.41, 5.74) is 3.06. The fourth-order valence-corrected chi connectivity index (χ4v) is 1.25. The van der Waals surface area contributed by atoms with Crippen molar-refractivity contribution in [2.45, 2.75) is 0 Å². The summed E-state index contributed by atoms with van der Waals surface area (Å²) in [5, 5.41) is 0.693. The number of nitrogen functional groups attached to an aromatic ring is 1. The number of benzene rings is 1. The zero-order valence-corrected chi connectivity index (χ0v) is 7.27. The molecule has 1 heterocycles. The Bertz CT molecular complexity index is 478. The van der Waals surface area contributed by atoms with Gasteiger partial charge in [0.05, 0.1) is 5.52 Å². The molecule has 0 saturated carbocycles. The number of nitrogens with zero attached hydrogens (tertiary/aromatic N) is 2.